The second-order valence-corrected chi connectivity index (χ2v) is 7.82. The summed E-state index contributed by atoms with van der Waals surface area (Å²) >= 11 is 1.70. The maximum atomic E-state index is 12.8. The van der Waals surface area contributed by atoms with E-state index in [0.29, 0.717) is 0 Å². The fourth-order valence-electron chi connectivity index (χ4n) is 4.17. The molecular weight excluding hydrogens is 308 g/mol. The standard InChI is InChI=1S/C18H28N2O2S/c1-2-14(17-10-6-12-23-17)19-18(22)20-11-5-8-15(20)13-7-3-4-9-16(13)21/h6,10,12-16,21H,2-5,7-9,11H2,1H3,(H,19,22)/t13-,14-,15+,16-/m0/s1. The first-order valence-corrected chi connectivity index (χ1v) is 9.87. The molecule has 0 aromatic carbocycles. The monoisotopic (exact) mass is 336 g/mol. The lowest BCUT2D eigenvalue weighted by Gasteiger charge is -2.37. The molecule has 128 valence electrons. The Labute approximate surface area is 142 Å². The minimum Gasteiger partial charge on any atom is -0.393 e. The molecule has 1 aliphatic heterocycles. The summed E-state index contributed by atoms with van der Waals surface area (Å²) in [4.78, 5) is 16.0. The molecule has 1 aromatic rings. The van der Waals surface area contributed by atoms with Crippen LogP contribution in [0.2, 0.25) is 0 Å². The molecule has 1 saturated heterocycles. The van der Waals surface area contributed by atoms with Crippen LogP contribution >= 0.6 is 11.3 Å². The largest absolute Gasteiger partial charge is 0.393 e. The van der Waals surface area contributed by atoms with Crippen LogP contribution in [0.25, 0.3) is 0 Å². The summed E-state index contributed by atoms with van der Waals surface area (Å²) in [7, 11) is 0. The summed E-state index contributed by atoms with van der Waals surface area (Å²) in [6.45, 7) is 2.93. The number of rotatable bonds is 4. The molecule has 4 atom stereocenters. The topological polar surface area (TPSA) is 52.6 Å². The number of hydrogen-bond acceptors (Lipinski definition) is 3. The van der Waals surface area contributed by atoms with E-state index in [9.17, 15) is 9.90 Å². The van der Waals surface area contributed by atoms with Gasteiger partial charge in [0.05, 0.1) is 12.1 Å². The van der Waals surface area contributed by atoms with E-state index in [1.165, 1.54) is 11.3 Å². The average Bonchev–Trinajstić information content (AvgIpc) is 3.24. The summed E-state index contributed by atoms with van der Waals surface area (Å²) in [5, 5.41) is 15.6. The lowest BCUT2D eigenvalue weighted by atomic mass is 9.80. The fourth-order valence-corrected chi connectivity index (χ4v) is 5.04. The van der Waals surface area contributed by atoms with Crippen molar-refractivity contribution >= 4 is 17.4 Å². The first kappa shape index (κ1) is 16.8. The van der Waals surface area contributed by atoms with Gasteiger partial charge in [-0.25, -0.2) is 4.79 Å². The summed E-state index contributed by atoms with van der Waals surface area (Å²) in [6, 6.07) is 4.48. The molecule has 3 rings (SSSR count). The van der Waals surface area contributed by atoms with E-state index in [1.54, 1.807) is 11.3 Å². The lowest BCUT2D eigenvalue weighted by molar-refractivity contribution is 0.0304. The molecule has 23 heavy (non-hydrogen) atoms. The quantitative estimate of drug-likeness (QED) is 0.875. The van der Waals surface area contributed by atoms with Crippen molar-refractivity contribution in [3.63, 3.8) is 0 Å². The Morgan fingerprint density at radius 2 is 2.22 bits per heavy atom. The molecule has 1 aliphatic carbocycles. The number of amides is 2. The predicted molar refractivity (Wildman–Crippen MR) is 93.6 cm³/mol. The third-order valence-electron chi connectivity index (χ3n) is 5.43. The Morgan fingerprint density at radius 1 is 1.39 bits per heavy atom. The number of carbonyl (C=O) groups excluding carboxylic acids is 1. The molecular formula is C18H28N2O2S. The van der Waals surface area contributed by atoms with E-state index in [-0.39, 0.29) is 30.1 Å². The molecule has 5 heteroatoms. The number of aliphatic hydroxyl groups is 1. The molecule has 2 amide bonds. The normalized spacial score (nSPS) is 29.5. The highest BCUT2D eigenvalue weighted by Gasteiger charge is 2.39. The Morgan fingerprint density at radius 3 is 2.91 bits per heavy atom. The molecule has 2 fully saturated rings. The smallest absolute Gasteiger partial charge is 0.318 e. The first-order valence-electron chi connectivity index (χ1n) is 8.99. The van der Waals surface area contributed by atoms with E-state index >= 15 is 0 Å². The Bertz CT molecular complexity index is 505. The predicted octanol–water partition coefficient (Wildman–Crippen LogP) is 3.92. The van der Waals surface area contributed by atoms with Crippen molar-refractivity contribution in [2.45, 2.75) is 70.1 Å². The summed E-state index contributed by atoms with van der Waals surface area (Å²) < 4.78 is 0. The maximum absolute atomic E-state index is 12.8. The van der Waals surface area contributed by atoms with Crippen molar-refractivity contribution in [3.05, 3.63) is 22.4 Å². The van der Waals surface area contributed by atoms with Gasteiger partial charge >= 0.3 is 6.03 Å². The summed E-state index contributed by atoms with van der Waals surface area (Å²) in [5.74, 6) is 0.263. The lowest BCUT2D eigenvalue weighted by Crippen LogP contribution is -2.49. The van der Waals surface area contributed by atoms with Crippen LogP contribution in [-0.2, 0) is 0 Å². The number of carbonyl (C=O) groups is 1. The van der Waals surface area contributed by atoms with Crippen LogP contribution in [0.5, 0.6) is 0 Å². The summed E-state index contributed by atoms with van der Waals surface area (Å²) in [5.41, 5.74) is 0. The van der Waals surface area contributed by atoms with Gasteiger partial charge in [-0.15, -0.1) is 11.3 Å². The molecule has 0 radical (unpaired) electrons. The molecule has 0 unspecified atom stereocenters. The molecule has 1 aromatic heterocycles. The van der Waals surface area contributed by atoms with Crippen molar-refractivity contribution < 1.29 is 9.90 Å². The van der Waals surface area contributed by atoms with Crippen molar-refractivity contribution in [1.82, 2.24) is 10.2 Å². The molecule has 0 bridgehead atoms. The zero-order valence-electron chi connectivity index (χ0n) is 13.9. The third kappa shape index (κ3) is 3.72. The highest BCUT2D eigenvalue weighted by molar-refractivity contribution is 7.10. The average molecular weight is 337 g/mol. The van der Waals surface area contributed by atoms with Gasteiger partial charge in [-0.1, -0.05) is 25.8 Å². The van der Waals surface area contributed by atoms with Gasteiger partial charge in [0.25, 0.3) is 0 Å². The van der Waals surface area contributed by atoms with Crippen LogP contribution < -0.4 is 5.32 Å². The van der Waals surface area contributed by atoms with Crippen LogP contribution in [0.1, 0.15) is 62.8 Å². The van der Waals surface area contributed by atoms with E-state index in [2.05, 4.69) is 23.7 Å². The molecule has 2 heterocycles. The van der Waals surface area contributed by atoms with Gasteiger partial charge < -0.3 is 15.3 Å². The molecule has 0 spiro atoms. The third-order valence-corrected chi connectivity index (χ3v) is 6.41. The molecule has 1 saturated carbocycles. The Hall–Kier alpha value is -1.07. The minimum atomic E-state index is -0.235. The van der Waals surface area contributed by atoms with Crippen molar-refractivity contribution in [2.24, 2.45) is 5.92 Å². The van der Waals surface area contributed by atoms with Crippen LogP contribution in [0.3, 0.4) is 0 Å². The van der Waals surface area contributed by atoms with Gasteiger partial charge in [0.15, 0.2) is 0 Å². The van der Waals surface area contributed by atoms with Crippen LogP contribution in [0, 0.1) is 5.92 Å². The summed E-state index contributed by atoms with van der Waals surface area (Å²) in [6.07, 6.45) is 6.99. The van der Waals surface area contributed by atoms with Gasteiger partial charge in [0, 0.05) is 23.4 Å². The van der Waals surface area contributed by atoms with Gasteiger partial charge in [-0.2, -0.15) is 0 Å². The minimum absolute atomic E-state index is 0.0468. The van der Waals surface area contributed by atoms with E-state index in [1.807, 2.05) is 11.0 Å². The van der Waals surface area contributed by atoms with E-state index < -0.39 is 0 Å². The maximum Gasteiger partial charge on any atom is 0.318 e. The van der Waals surface area contributed by atoms with Gasteiger partial charge in [-0.05, 0) is 43.6 Å². The number of urea groups is 1. The van der Waals surface area contributed by atoms with Gasteiger partial charge in [0.2, 0.25) is 0 Å². The van der Waals surface area contributed by atoms with Gasteiger partial charge in [-0.3, -0.25) is 0 Å². The zero-order valence-corrected chi connectivity index (χ0v) is 14.7. The number of aliphatic hydroxyl groups excluding tert-OH is 1. The van der Waals surface area contributed by atoms with Crippen molar-refractivity contribution in [3.8, 4) is 0 Å². The Kier molecular flexibility index (Phi) is 5.59. The van der Waals surface area contributed by atoms with Crippen molar-refractivity contribution in [2.75, 3.05) is 6.54 Å². The number of thiophene rings is 1. The zero-order chi connectivity index (χ0) is 16.2. The van der Waals surface area contributed by atoms with Gasteiger partial charge in [0.1, 0.15) is 0 Å². The second-order valence-electron chi connectivity index (χ2n) is 6.84. The number of nitrogens with one attached hydrogen (secondary N) is 1. The highest BCUT2D eigenvalue weighted by Crippen LogP contribution is 2.35. The first-order chi connectivity index (χ1) is 11.2. The number of nitrogens with zero attached hydrogens (tertiary/aromatic N) is 1. The molecule has 2 aliphatic rings. The number of hydrogen-bond donors (Lipinski definition) is 2. The molecule has 4 nitrogen and oxygen atoms in total. The SMILES string of the molecule is CC[C@H](NC(=O)N1CCC[C@@H]1[C@@H]1CCCC[C@@H]1O)c1cccs1. The fraction of sp³-hybridized carbons (Fsp3) is 0.722. The molecule has 2 N–H and O–H groups in total. The van der Waals surface area contributed by atoms with Crippen LogP contribution in [-0.4, -0.2) is 34.7 Å². The van der Waals surface area contributed by atoms with Crippen LogP contribution in [0.4, 0.5) is 4.79 Å². The number of likely N-dealkylation sites (tertiary alicyclic amines) is 1. The van der Waals surface area contributed by atoms with E-state index in [4.69, 9.17) is 0 Å². The highest BCUT2D eigenvalue weighted by atomic mass is 32.1. The van der Waals surface area contributed by atoms with Crippen LogP contribution in [0.15, 0.2) is 17.5 Å². The second kappa shape index (κ2) is 7.67. The van der Waals surface area contributed by atoms with Crippen molar-refractivity contribution in [1.29, 1.82) is 0 Å². The van der Waals surface area contributed by atoms with E-state index in [0.717, 1.165) is 45.1 Å². The Balaban J connectivity index is 1.65.